The number of rotatable bonds is 7. The molecule has 0 aliphatic heterocycles. The number of halogens is 1. The number of carbonyl (C=O) groups excluding carboxylic acids is 3. The Bertz CT molecular complexity index is 1500. The molecule has 2 amide bonds. The second-order valence-electron chi connectivity index (χ2n) is 7.00. The Morgan fingerprint density at radius 2 is 1.94 bits per heavy atom. The van der Waals surface area contributed by atoms with Crippen molar-refractivity contribution in [1.29, 1.82) is 0 Å². The Morgan fingerprint density at radius 3 is 2.71 bits per heavy atom. The van der Waals surface area contributed by atoms with Gasteiger partial charge in [-0.3, -0.25) is 19.8 Å². The minimum absolute atomic E-state index is 0.135. The van der Waals surface area contributed by atoms with E-state index >= 15 is 0 Å². The molecule has 2 aromatic heterocycles. The molecule has 35 heavy (non-hydrogen) atoms. The number of carbonyl (C=O) groups is 3. The largest absolute Gasteiger partial charge is 0.465 e. The number of nitrogens with one attached hydrogen (secondary N) is 2. The van der Waals surface area contributed by atoms with Crippen LogP contribution in [-0.2, 0) is 9.53 Å². The van der Waals surface area contributed by atoms with Gasteiger partial charge in [0.2, 0.25) is 5.91 Å². The Kier molecular flexibility index (Phi) is 7.63. The van der Waals surface area contributed by atoms with Crippen molar-refractivity contribution < 1.29 is 19.1 Å². The fourth-order valence-electron chi connectivity index (χ4n) is 3.08. The first-order valence-electron chi connectivity index (χ1n) is 10.0. The molecule has 2 aromatic carbocycles. The highest BCUT2D eigenvalue weighted by atomic mass is 79.9. The molecule has 4 aromatic rings. The van der Waals surface area contributed by atoms with Gasteiger partial charge in [0.05, 0.1) is 29.6 Å². The molecule has 0 saturated heterocycles. The molecular weight excluding hydrogens is 556 g/mol. The van der Waals surface area contributed by atoms with E-state index in [1.807, 2.05) is 0 Å². The van der Waals surface area contributed by atoms with Gasteiger partial charge in [-0.05, 0) is 41.8 Å². The van der Waals surface area contributed by atoms with Crippen LogP contribution in [0.1, 0.15) is 20.7 Å². The van der Waals surface area contributed by atoms with Crippen LogP contribution in [0.5, 0.6) is 0 Å². The van der Waals surface area contributed by atoms with E-state index in [9.17, 15) is 19.2 Å². The van der Waals surface area contributed by atoms with Crippen LogP contribution in [0.25, 0.3) is 10.2 Å². The first-order chi connectivity index (χ1) is 16.9. The summed E-state index contributed by atoms with van der Waals surface area (Å²) in [4.78, 5) is 54.9. The summed E-state index contributed by atoms with van der Waals surface area (Å²) < 4.78 is 6.88. The van der Waals surface area contributed by atoms with E-state index in [2.05, 4.69) is 31.7 Å². The Morgan fingerprint density at radius 1 is 1.14 bits per heavy atom. The van der Waals surface area contributed by atoms with Gasteiger partial charge in [-0.2, -0.15) is 4.68 Å². The SMILES string of the molecule is COC(=O)c1ccccc1NC(=O)CSc1nc2ccsc2c(=O)n1NC(=O)c1cccc(Br)c1. The quantitative estimate of drug-likeness (QED) is 0.194. The van der Waals surface area contributed by atoms with Crippen LogP contribution < -0.4 is 16.3 Å². The summed E-state index contributed by atoms with van der Waals surface area (Å²) >= 11 is 5.50. The topological polar surface area (TPSA) is 119 Å². The maximum atomic E-state index is 13.1. The molecule has 0 spiro atoms. The van der Waals surface area contributed by atoms with Crippen LogP contribution in [0.2, 0.25) is 0 Å². The molecule has 4 rings (SSSR count). The highest BCUT2D eigenvalue weighted by molar-refractivity contribution is 9.10. The lowest BCUT2D eigenvalue weighted by Gasteiger charge is -2.13. The molecule has 2 N–H and O–H groups in total. The molecule has 12 heteroatoms. The van der Waals surface area contributed by atoms with E-state index in [1.54, 1.807) is 53.9 Å². The summed E-state index contributed by atoms with van der Waals surface area (Å²) in [5, 5.41) is 4.53. The number of esters is 1. The molecule has 0 aliphatic carbocycles. The second-order valence-corrected chi connectivity index (χ2v) is 9.77. The highest BCUT2D eigenvalue weighted by Gasteiger charge is 2.18. The molecular formula is C23H17BrN4O5S2. The number of ether oxygens (including phenoxy) is 1. The molecule has 2 heterocycles. The Hall–Kier alpha value is -3.48. The third-order valence-corrected chi connectivity index (χ3v) is 7.01. The van der Waals surface area contributed by atoms with Crippen molar-refractivity contribution in [3.8, 4) is 0 Å². The van der Waals surface area contributed by atoms with Gasteiger partial charge in [0.25, 0.3) is 11.5 Å². The third kappa shape index (κ3) is 5.61. The van der Waals surface area contributed by atoms with Crippen molar-refractivity contribution in [2.24, 2.45) is 0 Å². The van der Waals surface area contributed by atoms with Gasteiger partial charge in [0, 0.05) is 10.0 Å². The number of benzene rings is 2. The summed E-state index contributed by atoms with van der Waals surface area (Å²) in [6, 6.07) is 14.9. The molecule has 0 aliphatic rings. The zero-order chi connectivity index (χ0) is 24.9. The molecule has 0 atom stereocenters. The summed E-state index contributed by atoms with van der Waals surface area (Å²) in [7, 11) is 1.25. The van der Waals surface area contributed by atoms with E-state index in [0.717, 1.165) is 16.4 Å². The molecule has 0 saturated carbocycles. The minimum Gasteiger partial charge on any atom is -0.465 e. The lowest BCUT2D eigenvalue weighted by molar-refractivity contribution is -0.113. The van der Waals surface area contributed by atoms with Crippen molar-refractivity contribution in [3.05, 3.63) is 85.9 Å². The average molecular weight is 573 g/mol. The fraction of sp³-hybridized carbons (Fsp3) is 0.0870. The highest BCUT2D eigenvalue weighted by Crippen LogP contribution is 2.22. The summed E-state index contributed by atoms with van der Waals surface area (Å²) in [6.07, 6.45) is 0. The predicted octanol–water partition coefficient (Wildman–Crippen LogP) is 4.12. The van der Waals surface area contributed by atoms with Crippen LogP contribution in [0.15, 0.2) is 74.4 Å². The van der Waals surface area contributed by atoms with Crippen LogP contribution in [-0.4, -0.2) is 40.3 Å². The van der Waals surface area contributed by atoms with Crippen molar-refractivity contribution in [3.63, 3.8) is 0 Å². The first-order valence-corrected chi connectivity index (χ1v) is 12.7. The number of fused-ring (bicyclic) bond motifs is 1. The standard InChI is InChI=1S/C23H17BrN4O5S2/c1-33-22(32)15-7-2-3-8-16(15)25-18(29)12-35-23-26-17-9-10-34-19(17)21(31)28(23)27-20(30)13-5-4-6-14(24)11-13/h2-11H,12H2,1H3,(H,25,29)(H,27,30). The molecule has 9 nitrogen and oxygen atoms in total. The van der Waals surface area contributed by atoms with Gasteiger partial charge in [-0.1, -0.05) is 45.9 Å². The van der Waals surface area contributed by atoms with Crippen molar-refractivity contribution >= 4 is 72.7 Å². The molecule has 0 bridgehead atoms. The number of amides is 2. The van der Waals surface area contributed by atoms with Gasteiger partial charge in [0.1, 0.15) is 4.70 Å². The van der Waals surface area contributed by atoms with E-state index in [-0.39, 0.29) is 16.5 Å². The van der Waals surface area contributed by atoms with E-state index in [4.69, 9.17) is 4.74 Å². The maximum absolute atomic E-state index is 13.1. The minimum atomic E-state index is -0.581. The summed E-state index contributed by atoms with van der Waals surface area (Å²) in [5.41, 5.74) is 3.45. The average Bonchev–Trinajstić information content (AvgIpc) is 3.33. The molecule has 0 radical (unpaired) electrons. The van der Waals surface area contributed by atoms with E-state index in [1.165, 1.54) is 24.5 Å². The van der Waals surface area contributed by atoms with Crippen LogP contribution in [0.4, 0.5) is 5.69 Å². The number of nitrogens with zero attached hydrogens (tertiary/aromatic N) is 2. The van der Waals surface area contributed by atoms with E-state index < -0.39 is 23.3 Å². The maximum Gasteiger partial charge on any atom is 0.339 e. The summed E-state index contributed by atoms with van der Waals surface area (Å²) in [6.45, 7) is 0. The zero-order valence-electron chi connectivity index (χ0n) is 18.1. The van der Waals surface area contributed by atoms with Gasteiger partial charge in [-0.25, -0.2) is 9.78 Å². The lowest BCUT2D eigenvalue weighted by atomic mass is 10.2. The van der Waals surface area contributed by atoms with Crippen molar-refractivity contribution in [1.82, 2.24) is 9.66 Å². The fourth-order valence-corrected chi connectivity index (χ4v) is 4.99. The van der Waals surface area contributed by atoms with Gasteiger partial charge in [-0.15, -0.1) is 11.3 Å². The van der Waals surface area contributed by atoms with Gasteiger partial charge >= 0.3 is 5.97 Å². The first kappa shape index (κ1) is 24.6. The smallest absolute Gasteiger partial charge is 0.339 e. The number of anilines is 1. The lowest BCUT2D eigenvalue weighted by Crippen LogP contribution is -2.35. The monoisotopic (exact) mass is 572 g/mol. The number of methoxy groups -OCH3 is 1. The molecule has 0 unspecified atom stereocenters. The second kappa shape index (κ2) is 10.8. The van der Waals surface area contributed by atoms with Crippen LogP contribution in [0, 0.1) is 0 Å². The molecule has 0 fully saturated rings. The number of para-hydroxylation sites is 1. The van der Waals surface area contributed by atoms with Crippen molar-refractivity contribution in [2.75, 3.05) is 23.6 Å². The Balaban J connectivity index is 1.57. The summed E-state index contributed by atoms with van der Waals surface area (Å²) in [5.74, 6) is -1.66. The third-order valence-electron chi connectivity index (χ3n) is 4.69. The number of hydrogen-bond acceptors (Lipinski definition) is 8. The van der Waals surface area contributed by atoms with Crippen LogP contribution >= 0.6 is 39.0 Å². The van der Waals surface area contributed by atoms with E-state index in [0.29, 0.717) is 25.9 Å². The van der Waals surface area contributed by atoms with Crippen LogP contribution in [0.3, 0.4) is 0 Å². The Labute approximate surface area is 215 Å². The number of thiophene rings is 1. The predicted molar refractivity (Wildman–Crippen MR) is 139 cm³/mol. The van der Waals surface area contributed by atoms with Gasteiger partial charge < -0.3 is 10.1 Å². The number of thioether (sulfide) groups is 1. The molecule has 178 valence electrons. The number of aromatic nitrogens is 2. The normalized spacial score (nSPS) is 10.7. The van der Waals surface area contributed by atoms with Gasteiger partial charge in [0.15, 0.2) is 5.16 Å². The zero-order valence-corrected chi connectivity index (χ0v) is 21.3. The van der Waals surface area contributed by atoms with Crippen molar-refractivity contribution in [2.45, 2.75) is 5.16 Å². The number of hydrogen-bond donors (Lipinski definition) is 2.